The summed E-state index contributed by atoms with van der Waals surface area (Å²) in [5, 5.41) is 96.5. The van der Waals surface area contributed by atoms with Crippen LogP contribution in [0.5, 0.6) is 57.5 Å². The molecule has 224 valence electrons. The number of aliphatic hydroxyl groups is 2. The summed E-state index contributed by atoms with van der Waals surface area (Å²) in [5.74, 6) is -4.16. The van der Waals surface area contributed by atoms with Gasteiger partial charge in [0.25, 0.3) is 0 Å². The highest BCUT2D eigenvalue weighted by molar-refractivity contribution is 5.66. The third kappa shape index (κ3) is 4.57. The Hall–Kier alpha value is -5.20. The number of benzene rings is 4. The number of aliphatic hydroxyl groups excluding tert-OH is 2. The maximum atomic E-state index is 11.8. The van der Waals surface area contributed by atoms with E-state index in [0.717, 1.165) is 12.1 Å². The quantitative estimate of drug-likeness (QED) is 0.167. The molecule has 0 amide bonds. The Bertz CT molecular complexity index is 1690. The van der Waals surface area contributed by atoms with Gasteiger partial charge in [0.1, 0.15) is 46.4 Å². The highest BCUT2D eigenvalue weighted by Crippen LogP contribution is 2.57. The zero-order chi connectivity index (χ0) is 30.7. The number of methoxy groups -OCH3 is 1. The van der Waals surface area contributed by atoms with Crippen LogP contribution in [0.25, 0.3) is 0 Å². The molecule has 5 atom stereocenters. The Kier molecular flexibility index (Phi) is 6.67. The van der Waals surface area contributed by atoms with Gasteiger partial charge in [0.2, 0.25) is 5.75 Å². The monoisotopic (exact) mass is 592 g/mol. The third-order valence-electron chi connectivity index (χ3n) is 7.84. The molecular weight excluding hydrogens is 564 g/mol. The zero-order valence-electron chi connectivity index (χ0n) is 22.5. The normalized spacial score (nSPS) is 22.5. The SMILES string of the molecule is COc1c(O)cc([C@@H]2Oc3c(c(O)cc(O)c3[C@H]3c4c(O)cc(O)cc4O[C@H](c4ccc(O)cc4)[C@@H]3O)C[C@@H]2O)cc1O. The molecule has 0 bridgehead atoms. The summed E-state index contributed by atoms with van der Waals surface area (Å²) in [6.07, 6.45) is -5.33. The molecule has 0 saturated heterocycles. The molecule has 2 aliphatic heterocycles. The van der Waals surface area contributed by atoms with Crippen molar-refractivity contribution in [2.24, 2.45) is 0 Å². The van der Waals surface area contributed by atoms with Crippen LogP contribution in [0.15, 0.2) is 54.6 Å². The fourth-order valence-electron chi connectivity index (χ4n) is 5.93. The number of ether oxygens (including phenoxy) is 3. The van der Waals surface area contributed by atoms with Crippen molar-refractivity contribution in [2.45, 2.75) is 36.8 Å². The van der Waals surface area contributed by atoms with Gasteiger partial charge in [-0.2, -0.15) is 0 Å². The number of hydrogen-bond acceptors (Lipinski definition) is 12. The molecular formula is C31H28O12. The Labute approximate surface area is 244 Å². The van der Waals surface area contributed by atoms with Crippen molar-refractivity contribution in [3.63, 3.8) is 0 Å². The highest BCUT2D eigenvalue weighted by atomic mass is 16.5. The highest BCUT2D eigenvalue weighted by Gasteiger charge is 2.46. The predicted molar refractivity (Wildman–Crippen MR) is 148 cm³/mol. The van der Waals surface area contributed by atoms with Gasteiger partial charge in [0, 0.05) is 46.9 Å². The van der Waals surface area contributed by atoms with E-state index in [0.29, 0.717) is 5.56 Å². The topological polar surface area (TPSA) is 210 Å². The lowest BCUT2D eigenvalue weighted by atomic mass is 9.77. The molecule has 43 heavy (non-hydrogen) atoms. The first-order valence-electron chi connectivity index (χ1n) is 13.2. The number of fused-ring (bicyclic) bond motifs is 2. The van der Waals surface area contributed by atoms with E-state index in [1.807, 2.05) is 0 Å². The molecule has 4 aromatic carbocycles. The molecule has 0 spiro atoms. The maximum absolute atomic E-state index is 11.8. The van der Waals surface area contributed by atoms with Crippen molar-refractivity contribution in [3.8, 4) is 57.5 Å². The molecule has 9 N–H and O–H groups in total. The third-order valence-corrected chi connectivity index (χ3v) is 7.84. The van der Waals surface area contributed by atoms with Gasteiger partial charge in [-0.3, -0.25) is 0 Å². The van der Waals surface area contributed by atoms with Crippen molar-refractivity contribution < 1.29 is 60.2 Å². The van der Waals surface area contributed by atoms with Crippen LogP contribution in [0, 0.1) is 0 Å². The van der Waals surface area contributed by atoms with Crippen molar-refractivity contribution in [1.29, 1.82) is 0 Å². The molecule has 12 nitrogen and oxygen atoms in total. The van der Waals surface area contributed by atoms with Gasteiger partial charge < -0.3 is 60.2 Å². The van der Waals surface area contributed by atoms with Crippen molar-refractivity contribution in [1.82, 2.24) is 0 Å². The number of aromatic hydroxyl groups is 7. The lowest BCUT2D eigenvalue weighted by Crippen LogP contribution is -2.36. The van der Waals surface area contributed by atoms with Crippen LogP contribution < -0.4 is 14.2 Å². The molecule has 12 heteroatoms. The van der Waals surface area contributed by atoms with E-state index in [1.54, 1.807) is 0 Å². The van der Waals surface area contributed by atoms with Crippen molar-refractivity contribution in [2.75, 3.05) is 7.11 Å². The fraction of sp³-hybridized carbons (Fsp3) is 0.226. The second-order valence-electron chi connectivity index (χ2n) is 10.5. The molecule has 0 radical (unpaired) electrons. The van der Waals surface area contributed by atoms with Gasteiger partial charge in [0.05, 0.1) is 19.1 Å². The second kappa shape index (κ2) is 10.3. The minimum absolute atomic E-state index is 0.00882. The van der Waals surface area contributed by atoms with Crippen LogP contribution in [0.2, 0.25) is 0 Å². The first kappa shape index (κ1) is 27.9. The summed E-state index contributed by atoms with van der Waals surface area (Å²) in [5.41, 5.74) is 0.612. The fourth-order valence-corrected chi connectivity index (χ4v) is 5.93. The Morgan fingerprint density at radius 3 is 1.95 bits per heavy atom. The Morgan fingerprint density at radius 2 is 1.30 bits per heavy atom. The second-order valence-corrected chi connectivity index (χ2v) is 10.5. The standard InChI is InChI=1S/C31H28O12/c1-41-31-20(37)6-13(7-21(31)38)28-22(39)10-16-17(34)11-19(36)25(30(16)43-28)26-24-18(35)8-15(33)9-23(24)42-29(27(26)40)12-2-4-14(32)5-3-12/h2-9,11,22,26-29,32-40H,10H2,1H3/t22-,26+,27+,28-,29+/m0/s1. The first-order valence-corrected chi connectivity index (χ1v) is 13.2. The van der Waals surface area contributed by atoms with Gasteiger partial charge in [-0.1, -0.05) is 12.1 Å². The summed E-state index contributed by atoms with van der Waals surface area (Å²) >= 11 is 0. The van der Waals surface area contributed by atoms with Gasteiger partial charge in [-0.25, -0.2) is 0 Å². The summed E-state index contributed by atoms with van der Waals surface area (Å²) in [7, 11) is 1.26. The minimum Gasteiger partial charge on any atom is -0.508 e. The average molecular weight is 593 g/mol. The molecule has 0 saturated carbocycles. The maximum Gasteiger partial charge on any atom is 0.202 e. The lowest BCUT2D eigenvalue weighted by Gasteiger charge is -2.40. The van der Waals surface area contributed by atoms with E-state index in [-0.39, 0.29) is 57.4 Å². The van der Waals surface area contributed by atoms with Gasteiger partial charge in [-0.15, -0.1) is 0 Å². The smallest absolute Gasteiger partial charge is 0.202 e. The minimum atomic E-state index is -1.50. The summed E-state index contributed by atoms with van der Waals surface area (Å²) < 4.78 is 17.2. The molecule has 6 rings (SSSR count). The number of phenolic OH excluding ortho intramolecular Hbond substituents is 7. The van der Waals surface area contributed by atoms with E-state index in [4.69, 9.17) is 14.2 Å². The summed E-state index contributed by atoms with van der Waals surface area (Å²) in [6.45, 7) is 0. The predicted octanol–water partition coefficient (Wildman–Crippen LogP) is 3.30. The van der Waals surface area contributed by atoms with Crippen LogP contribution in [0.4, 0.5) is 0 Å². The lowest BCUT2D eigenvalue weighted by molar-refractivity contribution is 0.00119. The van der Waals surface area contributed by atoms with E-state index < -0.39 is 59.1 Å². The summed E-state index contributed by atoms with van der Waals surface area (Å²) in [4.78, 5) is 0. The Morgan fingerprint density at radius 1 is 0.651 bits per heavy atom. The van der Waals surface area contributed by atoms with Crippen molar-refractivity contribution >= 4 is 0 Å². The average Bonchev–Trinajstić information content (AvgIpc) is 2.94. The largest absolute Gasteiger partial charge is 0.508 e. The molecule has 4 aromatic rings. The van der Waals surface area contributed by atoms with Crippen LogP contribution >= 0.6 is 0 Å². The van der Waals surface area contributed by atoms with Crippen LogP contribution in [0.3, 0.4) is 0 Å². The van der Waals surface area contributed by atoms with E-state index >= 15 is 0 Å². The van der Waals surface area contributed by atoms with Crippen LogP contribution in [0.1, 0.15) is 45.9 Å². The number of rotatable bonds is 4. The van der Waals surface area contributed by atoms with E-state index in [1.165, 1.54) is 49.6 Å². The molecule has 0 aromatic heterocycles. The number of phenols is 7. The molecule has 2 aliphatic rings. The zero-order valence-corrected chi connectivity index (χ0v) is 22.5. The first-order chi connectivity index (χ1) is 20.5. The Balaban J connectivity index is 1.54. The molecule has 0 aliphatic carbocycles. The van der Waals surface area contributed by atoms with Crippen molar-refractivity contribution in [3.05, 3.63) is 82.4 Å². The van der Waals surface area contributed by atoms with Crippen LogP contribution in [-0.2, 0) is 6.42 Å². The van der Waals surface area contributed by atoms with E-state index in [9.17, 15) is 46.0 Å². The molecule has 0 unspecified atom stereocenters. The van der Waals surface area contributed by atoms with E-state index in [2.05, 4.69) is 0 Å². The van der Waals surface area contributed by atoms with Crippen LogP contribution in [-0.4, -0.2) is 65.3 Å². The molecule has 2 heterocycles. The van der Waals surface area contributed by atoms with Gasteiger partial charge in [-0.05, 0) is 29.8 Å². The number of hydrogen-bond donors (Lipinski definition) is 9. The van der Waals surface area contributed by atoms with Gasteiger partial charge in [0.15, 0.2) is 23.7 Å². The van der Waals surface area contributed by atoms with Gasteiger partial charge >= 0.3 is 0 Å². The summed E-state index contributed by atoms with van der Waals surface area (Å²) in [6, 6.07) is 11.6. The molecule has 0 fully saturated rings.